The molecule has 2 aromatic rings. The van der Waals surface area contributed by atoms with Gasteiger partial charge in [0.05, 0.1) is 17.4 Å². The molecule has 0 aliphatic heterocycles. The third-order valence-corrected chi connectivity index (χ3v) is 4.78. The Balaban J connectivity index is 1.61. The van der Waals surface area contributed by atoms with Crippen molar-refractivity contribution < 1.29 is 4.79 Å². The van der Waals surface area contributed by atoms with E-state index in [1.165, 1.54) is 5.56 Å². The van der Waals surface area contributed by atoms with Crippen molar-refractivity contribution >= 4 is 5.91 Å². The molecule has 1 N–H and O–H groups in total. The summed E-state index contributed by atoms with van der Waals surface area (Å²) in [5, 5.41) is 7.68. The number of rotatable bonds is 2. The lowest BCUT2D eigenvalue weighted by Gasteiger charge is -2.25. The largest absolute Gasteiger partial charge is 0.342 e. The van der Waals surface area contributed by atoms with Crippen molar-refractivity contribution in [2.75, 3.05) is 0 Å². The highest BCUT2D eigenvalue weighted by Crippen LogP contribution is 2.29. The molecule has 0 spiro atoms. The minimum Gasteiger partial charge on any atom is -0.342 e. The van der Waals surface area contributed by atoms with Crippen LogP contribution in [0.25, 0.3) is 0 Å². The van der Waals surface area contributed by atoms with Crippen molar-refractivity contribution in [1.29, 1.82) is 0 Å². The molecular formula is C17H20N4O. The third kappa shape index (κ3) is 2.12. The van der Waals surface area contributed by atoms with Gasteiger partial charge >= 0.3 is 0 Å². The number of fused-ring (bicyclic) bond motifs is 2. The summed E-state index contributed by atoms with van der Waals surface area (Å²) in [6.45, 7) is 0. The summed E-state index contributed by atoms with van der Waals surface area (Å²) in [5.41, 5.74) is 5.25. The summed E-state index contributed by atoms with van der Waals surface area (Å²) >= 11 is 0. The highest BCUT2D eigenvalue weighted by Gasteiger charge is 2.28. The maximum Gasteiger partial charge on any atom is 0.270 e. The number of hydrogen-bond acceptors (Lipinski definition) is 3. The molecule has 0 aromatic carbocycles. The molecule has 2 aliphatic rings. The molecule has 5 nitrogen and oxygen atoms in total. The van der Waals surface area contributed by atoms with Crippen LogP contribution in [0.5, 0.6) is 0 Å². The first-order valence-corrected chi connectivity index (χ1v) is 8.03. The van der Waals surface area contributed by atoms with Gasteiger partial charge in [0.25, 0.3) is 5.91 Å². The van der Waals surface area contributed by atoms with E-state index in [4.69, 9.17) is 0 Å². The highest BCUT2D eigenvalue weighted by molar-refractivity contribution is 5.94. The minimum atomic E-state index is -0.0124. The molecule has 2 aromatic heterocycles. The number of nitrogens with one attached hydrogen (secondary N) is 1. The van der Waals surface area contributed by atoms with Crippen LogP contribution in [0.2, 0.25) is 0 Å². The second-order valence-electron chi connectivity index (χ2n) is 6.22. The lowest BCUT2D eigenvalue weighted by Crippen LogP contribution is -2.33. The minimum absolute atomic E-state index is 0.0124. The van der Waals surface area contributed by atoms with Gasteiger partial charge in [-0.3, -0.25) is 14.5 Å². The first kappa shape index (κ1) is 13.5. The molecule has 0 fully saturated rings. The monoisotopic (exact) mass is 296 g/mol. The van der Waals surface area contributed by atoms with E-state index >= 15 is 0 Å². The first-order valence-electron chi connectivity index (χ1n) is 8.03. The van der Waals surface area contributed by atoms with E-state index in [1.54, 1.807) is 4.68 Å². The Hall–Kier alpha value is -2.17. The van der Waals surface area contributed by atoms with Crippen molar-refractivity contribution in [3.63, 3.8) is 0 Å². The molecule has 0 saturated heterocycles. The number of carbonyl (C=O) groups excluding carboxylic acids is 1. The average molecular weight is 296 g/mol. The number of nitrogens with zero attached hydrogens (tertiary/aromatic N) is 3. The Labute approximate surface area is 129 Å². The molecule has 5 heteroatoms. The van der Waals surface area contributed by atoms with Gasteiger partial charge in [-0.1, -0.05) is 6.07 Å². The number of aromatic nitrogens is 3. The molecular weight excluding hydrogens is 276 g/mol. The summed E-state index contributed by atoms with van der Waals surface area (Å²) < 4.78 is 1.74. The second kappa shape index (κ2) is 5.23. The zero-order valence-electron chi connectivity index (χ0n) is 12.8. The molecule has 114 valence electrons. The van der Waals surface area contributed by atoms with Crippen LogP contribution >= 0.6 is 0 Å². The van der Waals surface area contributed by atoms with E-state index in [0.717, 1.165) is 61.2 Å². The second-order valence-corrected chi connectivity index (χ2v) is 6.22. The standard InChI is InChI=1S/C17H20N4O/c1-21-16(12-7-3-8-13(12)20-21)17(22)19-14-9-2-5-11-6-4-10-18-15(11)14/h4,6,10,14H,2-3,5,7-9H2,1H3,(H,19,22)/t14-/m1/s1. The first-order chi connectivity index (χ1) is 10.7. The van der Waals surface area contributed by atoms with Crippen molar-refractivity contribution in [3.05, 3.63) is 46.5 Å². The molecule has 0 saturated carbocycles. The summed E-state index contributed by atoms with van der Waals surface area (Å²) in [6.07, 6.45) is 7.97. The fourth-order valence-electron chi connectivity index (χ4n) is 3.78. The van der Waals surface area contributed by atoms with Crippen LogP contribution in [0.15, 0.2) is 18.3 Å². The van der Waals surface area contributed by atoms with E-state index in [1.807, 2.05) is 19.3 Å². The van der Waals surface area contributed by atoms with Gasteiger partial charge in [-0.05, 0) is 50.2 Å². The van der Waals surface area contributed by atoms with Crippen molar-refractivity contribution in [2.45, 2.75) is 44.6 Å². The average Bonchev–Trinajstić information content (AvgIpc) is 3.07. The predicted molar refractivity (Wildman–Crippen MR) is 82.6 cm³/mol. The van der Waals surface area contributed by atoms with E-state index in [0.29, 0.717) is 0 Å². The fourth-order valence-corrected chi connectivity index (χ4v) is 3.78. The normalized spacial score (nSPS) is 19.6. The number of carbonyl (C=O) groups is 1. The number of amides is 1. The van der Waals surface area contributed by atoms with Gasteiger partial charge in [-0.25, -0.2) is 0 Å². The van der Waals surface area contributed by atoms with Gasteiger partial charge in [0.1, 0.15) is 5.69 Å². The van der Waals surface area contributed by atoms with Crippen LogP contribution in [0.1, 0.15) is 58.3 Å². The van der Waals surface area contributed by atoms with Crippen LogP contribution in [0.4, 0.5) is 0 Å². The molecule has 0 bridgehead atoms. The Bertz CT molecular complexity index is 734. The molecule has 0 radical (unpaired) electrons. The van der Waals surface area contributed by atoms with Crippen LogP contribution in [0, 0.1) is 0 Å². The molecule has 1 atom stereocenters. The van der Waals surface area contributed by atoms with Gasteiger partial charge in [-0.15, -0.1) is 0 Å². The SMILES string of the molecule is Cn1nc2c(c1C(=O)N[C@@H]1CCCc3cccnc31)CCC2. The van der Waals surface area contributed by atoms with Gasteiger partial charge in [0.2, 0.25) is 0 Å². The summed E-state index contributed by atoms with van der Waals surface area (Å²) in [4.78, 5) is 17.3. The van der Waals surface area contributed by atoms with Crippen molar-refractivity contribution in [3.8, 4) is 0 Å². The topological polar surface area (TPSA) is 59.8 Å². The van der Waals surface area contributed by atoms with Crippen LogP contribution in [-0.2, 0) is 26.3 Å². The Kier molecular flexibility index (Phi) is 3.21. The van der Waals surface area contributed by atoms with E-state index in [9.17, 15) is 4.79 Å². The van der Waals surface area contributed by atoms with Gasteiger partial charge in [-0.2, -0.15) is 5.10 Å². The predicted octanol–water partition coefficient (Wildman–Crippen LogP) is 2.11. The van der Waals surface area contributed by atoms with Gasteiger partial charge in [0.15, 0.2) is 0 Å². The quantitative estimate of drug-likeness (QED) is 0.923. The van der Waals surface area contributed by atoms with Crippen LogP contribution in [0.3, 0.4) is 0 Å². The summed E-state index contributed by atoms with van der Waals surface area (Å²) in [5.74, 6) is -0.0124. The summed E-state index contributed by atoms with van der Waals surface area (Å²) in [6, 6.07) is 4.10. The highest BCUT2D eigenvalue weighted by atomic mass is 16.2. The third-order valence-electron chi connectivity index (χ3n) is 4.78. The van der Waals surface area contributed by atoms with E-state index in [2.05, 4.69) is 21.5 Å². The van der Waals surface area contributed by atoms with Crippen LogP contribution < -0.4 is 5.32 Å². The lowest BCUT2D eigenvalue weighted by molar-refractivity contribution is 0.0921. The smallest absolute Gasteiger partial charge is 0.270 e. The molecule has 0 unspecified atom stereocenters. The molecule has 2 aliphatic carbocycles. The zero-order chi connectivity index (χ0) is 15.1. The molecule has 22 heavy (non-hydrogen) atoms. The maximum atomic E-state index is 12.8. The van der Waals surface area contributed by atoms with Crippen molar-refractivity contribution in [2.24, 2.45) is 7.05 Å². The Morgan fingerprint density at radius 3 is 3.14 bits per heavy atom. The van der Waals surface area contributed by atoms with E-state index in [-0.39, 0.29) is 11.9 Å². The van der Waals surface area contributed by atoms with Crippen molar-refractivity contribution in [1.82, 2.24) is 20.1 Å². The Morgan fingerprint density at radius 2 is 2.23 bits per heavy atom. The number of pyridine rings is 1. The molecule has 2 heterocycles. The zero-order valence-corrected chi connectivity index (χ0v) is 12.8. The Morgan fingerprint density at radius 1 is 1.32 bits per heavy atom. The summed E-state index contributed by atoms with van der Waals surface area (Å²) in [7, 11) is 1.86. The van der Waals surface area contributed by atoms with Gasteiger partial charge < -0.3 is 5.32 Å². The molecule has 1 amide bonds. The van der Waals surface area contributed by atoms with Crippen LogP contribution in [-0.4, -0.2) is 20.7 Å². The fraction of sp³-hybridized carbons (Fsp3) is 0.471. The van der Waals surface area contributed by atoms with E-state index < -0.39 is 0 Å². The number of hydrogen-bond donors (Lipinski definition) is 1. The maximum absolute atomic E-state index is 12.8. The lowest BCUT2D eigenvalue weighted by atomic mass is 9.92. The van der Waals surface area contributed by atoms with Gasteiger partial charge in [0, 0.05) is 18.8 Å². The molecule has 4 rings (SSSR count). The number of aryl methyl sites for hydroxylation is 3.